The van der Waals surface area contributed by atoms with Gasteiger partial charge in [-0.3, -0.25) is 9.78 Å². The average Bonchev–Trinajstić information content (AvgIpc) is 3.20. The van der Waals surface area contributed by atoms with Gasteiger partial charge < -0.3 is 15.4 Å². The number of aliphatic carboxylic acids is 1. The summed E-state index contributed by atoms with van der Waals surface area (Å²) in [6.07, 6.45) is -2.52. The molecule has 3 N–H and O–H groups in total. The van der Waals surface area contributed by atoms with Crippen molar-refractivity contribution in [2.75, 3.05) is 6.54 Å². The zero-order chi connectivity index (χ0) is 22.6. The van der Waals surface area contributed by atoms with Crippen LogP contribution >= 0.6 is 0 Å². The molecule has 2 aromatic heterocycles. The van der Waals surface area contributed by atoms with E-state index in [-0.39, 0.29) is 5.91 Å². The van der Waals surface area contributed by atoms with Crippen LogP contribution in [0.25, 0.3) is 22.5 Å². The number of amides is 1. The molecular weight excluding hydrogens is 413 g/mol. The molecule has 0 spiro atoms. The minimum absolute atomic E-state index is 0.0277. The van der Waals surface area contributed by atoms with E-state index in [4.69, 9.17) is 15.2 Å². The fraction of sp³-hybridized carbons (Fsp3) is 0.143. The summed E-state index contributed by atoms with van der Waals surface area (Å²) in [7, 11) is 0. The van der Waals surface area contributed by atoms with Gasteiger partial charge >= 0.3 is 12.1 Å². The molecule has 0 saturated carbocycles. The quantitative estimate of drug-likeness (QED) is 0.577. The number of carbonyl (C=O) groups excluding carboxylic acids is 1. The maximum absolute atomic E-state index is 11.9. The first kappa shape index (κ1) is 21.6. The summed E-state index contributed by atoms with van der Waals surface area (Å²) in [6, 6.07) is 15.2. The second-order valence-electron chi connectivity index (χ2n) is 6.50. The van der Waals surface area contributed by atoms with Crippen molar-refractivity contribution in [1.29, 1.82) is 5.26 Å². The molecule has 0 aliphatic carbocycles. The van der Waals surface area contributed by atoms with Crippen LogP contribution in [0.15, 0.2) is 48.7 Å². The first-order valence-electron chi connectivity index (χ1n) is 8.96. The molecule has 3 heterocycles. The van der Waals surface area contributed by atoms with E-state index in [0.29, 0.717) is 17.7 Å². The molecular formula is C21H15F3N4O3. The van der Waals surface area contributed by atoms with Crippen LogP contribution in [-0.4, -0.2) is 39.7 Å². The number of hydrogen-bond donors (Lipinski definition) is 3. The summed E-state index contributed by atoms with van der Waals surface area (Å²) in [6.45, 7) is 0.665. The number of H-pyrrole nitrogens is 1. The third-order valence-electron chi connectivity index (χ3n) is 4.43. The van der Waals surface area contributed by atoms with Crippen molar-refractivity contribution >= 4 is 11.9 Å². The number of nitrogens with zero attached hydrogens (tertiary/aromatic N) is 2. The van der Waals surface area contributed by atoms with Crippen LogP contribution in [0.5, 0.6) is 0 Å². The highest BCUT2D eigenvalue weighted by Crippen LogP contribution is 2.27. The van der Waals surface area contributed by atoms with Gasteiger partial charge in [0.25, 0.3) is 5.91 Å². The summed E-state index contributed by atoms with van der Waals surface area (Å²) in [5.74, 6) is -2.78. The van der Waals surface area contributed by atoms with E-state index in [1.165, 1.54) is 0 Å². The molecule has 7 nitrogen and oxygen atoms in total. The van der Waals surface area contributed by atoms with Gasteiger partial charge in [-0.2, -0.15) is 18.4 Å². The number of carboxylic acid groups (broad SMARTS) is 1. The van der Waals surface area contributed by atoms with Crippen molar-refractivity contribution in [3.8, 4) is 28.6 Å². The number of nitriles is 1. The minimum Gasteiger partial charge on any atom is -0.475 e. The standard InChI is InChI=1S/C19H14N4O.C2HF3O2/c20-11-12-1-3-13(4-2-12)17-9-14(5-7-21-17)18-10-15-16(23-18)6-8-22-19(15)24;3-2(4,5)1(6)7/h1-5,7,9-10,23H,6,8H2,(H,22,24);(H,6,7). The van der Waals surface area contributed by atoms with Gasteiger partial charge in [0.1, 0.15) is 0 Å². The lowest BCUT2D eigenvalue weighted by Gasteiger charge is -2.10. The Morgan fingerprint density at radius 2 is 1.81 bits per heavy atom. The van der Waals surface area contributed by atoms with Crippen molar-refractivity contribution in [1.82, 2.24) is 15.3 Å². The summed E-state index contributed by atoms with van der Waals surface area (Å²) in [5, 5.41) is 18.9. The fourth-order valence-electron chi connectivity index (χ4n) is 2.92. The van der Waals surface area contributed by atoms with Crippen molar-refractivity contribution in [3.63, 3.8) is 0 Å². The molecule has 0 saturated heterocycles. The Morgan fingerprint density at radius 3 is 2.39 bits per heavy atom. The van der Waals surface area contributed by atoms with Crippen LogP contribution in [-0.2, 0) is 11.2 Å². The predicted molar refractivity (Wildman–Crippen MR) is 104 cm³/mol. The van der Waals surface area contributed by atoms with Gasteiger partial charge in [-0.25, -0.2) is 4.79 Å². The number of pyridine rings is 1. The molecule has 31 heavy (non-hydrogen) atoms. The van der Waals surface area contributed by atoms with Crippen LogP contribution in [0, 0.1) is 11.3 Å². The molecule has 1 amide bonds. The van der Waals surface area contributed by atoms with E-state index in [2.05, 4.69) is 21.4 Å². The van der Waals surface area contributed by atoms with Gasteiger partial charge in [-0.1, -0.05) is 12.1 Å². The second-order valence-corrected chi connectivity index (χ2v) is 6.50. The average molecular weight is 428 g/mol. The highest BCUT2D eigenvalue weighted by atomic mass is 19.4. The molecule has 4 rings (SSSR count). The number of aromatic amines is 1. The van der Waals surface area contributed by atoms with Crippen molar-refractivity contribution in [3.05, 3.63) is 65.5 Å². The highest BCUT2D eigenvalue weighted by Gasteiger charge is 2.38. The zero-order valence-corrected chi connectivity index (χ0v) is 15.8. The van der Waals surface area contributed by atoms with Gasteiger partial charge in [0.2, 0.25) is 0 Å². The number of carboxylic acids is 1. The Labute approximate surface area is 174 Å². The van der Waals surface area contributed by atoms with Gasteiger partial charge in [-0.15, -0.1) is 0 Å². The first-order valence-corrected chi connectivity index (χ1v) is 8.96. The van der Waals surface area contributed by atoms with Gasteiger partial charge in [0.15, 0.2) is 0 Å². The number of carbonyl (C=O) groups is 2. The van der Waals surface area contributed by atoms with E-state index in [1.54, 1.807) is 18.3 Å². The Balaban J connectivity index is 0.000000339. The first-order chi connectivity index (χ1) is 14.7. The largest absolute Gasteiger partial charge is 0.490 e. The monoisotopic (exact) mass is 428 g/mol. The van der Waals surface area contributed by atoms with E-state index in [1.807, 2.05) is 30.3 Å². The Hall–Kier alpha value is -4.13. The Morgan fingerprint density at radius 1 is 1.13 bits per heavy atom. The third-order valence-corrected chi connectivity index (χ3v) is 4.43. The Bertz CT molecular complexity index is 1160. The van der Waals surface area contributed by atoms with Crippen molar-refractivity contribution < 1.29 is 27.9 Å². The summed E-state index contributed by atoms with van der Waals surface area (Å²) < 4.78 is 31.7. The lowest BCUT2D eigenvalue weighted by Crippen LogP contribution is -2.31. The van der Waals surface area contributed by atoms with E-state index >= 15 is 0 Å². The lowest BCUT2D eigenvalue weighted by molar-refractivity contribution is -0.192. The number of benzene rings is 1. The number of alkyl halides is 3. The molecule has 0 fully saturated rings. The predicted octanol–water partition coefficient (Wildman–Crippen LogP) is 3.53. The van der Waals surface area contributed by atoms with Crippen LogP contribution in [0.2, 0.25) is 0 Å². The van der Waals surface area contributed by atoms with E-state index in [9.17, 15) is 18.0 Å². The maximum atomic E-state index is 11.9. The molecule has 0 atom stereocenters. The number of halogens is 3. The molecule has 1 aliphatic heterocycles. The molecule has 1 aliphatic rings. The van der Waals surface area contributed by atoms with Gasteiger partial charge in [0.05, 0.1) is 22.9 Å². The molecule has 0 bridgehead atoms. The SMILES string of the molecule is N#Cc1ccc(-c2cc(-c3cc4c([nH]3)CCNC4=O)ccn2)cc1.O=C(O)C(F)(F)F. The van der Waals surface area contributed by atoms with Crippen LogP contribution in [0.3, 0.4) is 0 Å². The summed E-state index contributed by atoms with van der Waals surface area (Å²) in [5.41, 5.74) is 5.98. The normalized spacial score (nSPS) is 12.6. The Kier molecular flexibility index (Phi) is 6.06. The smallest absolute Gasteiger partial charge is 0.475 e. The zero-order valence-electron chi connectivity index (χ0n) is 15.8. The van der Waals surface area contributed by atoms with Crippen LogP contribution < -0.4 is 5.32 Å². The maximum Gasteiger partial charge on any atom is 0.490 e. The number of nitrogens with one attached hydrogen (secondary N) is 2. The number of hydrogen-bond acceptors (Lipinski definition) is 4. The van der Waals surface area contributed by atoms with Gasteiger partial charge in [0, 0.05) is 41.7 Å². The molecule has 0 unspecified atom stereocenters. The second kappa shape index (κ2) is 8.71. The number of aromatic nitrogens is 2. The van der Waals surface area contributed by atoms with Crippen LogP contribution in [0.4, 0.5) is 13.2 Å². The van der Waals surface area contributed by atoms with Crippen LogP contribution in [0.1, 0.15) is 21.6 Å². The number of fused-ring (bicyclic) bond motifs is 1. The molecule has 158 valence electrons. The van der Waals surface area contributed by atoms with Gasteiger partial charge in [-0.05, 0) is 30.3 Å². The minimum atomic E-state index is -5.08. The molecule has 1 aromatic carbocycles. The third kappa shape index (κ3) is 5.08. The van der Waals surface area contributed by atoms with E-state index < -0.39 is 12.1 Å². The molecule has 0 radical (unpaired) electrons. The fourth-order valence-corrected chi connectivity index (χ4v) is 2.92. The van der Waals surface area contributed by atoms with Crippen molar-refractivity contribution in [2.24, 2.45) is 0 Å². The molecule has 3 aromatic rings. The highest BCUT2D eigenvalue weighted by molar-refractivity contribution is 5.97. The topological polar surface area (TPSA) is 119 Å². The summed E-state index contributed by atoms with van der Waals surface area (Å²) >= 11 is 0. The molecule has 10 heteroatoms. The number of rotatable bonds is 2. The van der Waals surface area contributed by atoms with E-state index in [0.717, 1.165) is 34.6 Å². The summed E-state index contributed by atoms with van der Waals surface area (Å²) in [4.78, 5) is 28.6. The van der Waals surface area contributed by atoms with Crippen molar-refractivity contribution in [2.45, 2.75) is 12.6 Å². The lowest BCUT2D eigenvalue weighted by atomic mass is 10.1.